The minimum absolute atomic E-state index is 0.0295. The maximum Gasteiger partial charge on any atom is 0.325 e. The van der Waals surface area contributed by atoms with Crippen LogP contribution in [0.2, 0.25) is 0 Å². The molecule has 0 radical (unpaired) electrons. The number of amides is 1. The standard InChI is InChI=1S/C15H16FN3O4/c1-8-7-10(3-4-11(8)16)14-18-13(23-19-14)6-5-12(20)17-9(2)15(21)22/h3-4,7,9H,5-6H2,1-2H3,(H,17,20)(H,21,22)/t9-/m0/s1. The van der Waals surface area contributed by atoms with E-state index >= 15 is 0 Å². The second-order valence-electron chi connectivity index (χ2n) is 5.10. The van der Waals surface area contributed by atoms with Crippen LogP contribution in [0.1, 0.15) is 24.8 Å². The van der Waals surface area contributed by atoms with Gasteiger partial charge in [0.25, 0.3) is 0 Å². The number of nitrogens with zero attached hydrogens (tertiary/aromatic N) is 2. The molecule has 2 rings (SSSR count). The molecule has 2 aromatic rings. The molecule has 0 aliphatic heterocycles. The Morgan fingerprint density at radius 1 is 1.43 bits per heavy atom. The molecule has 1 aromatic heterocycles. The molecule has 2 N–H and O–H groups in total. The van der Waals surface area contributed by atoms with Gasteiger partial charge in [0, 0.05) is 18.4 Å². The van der Waals surface area contributed by atoms with Gasteiger partial charge in [-0.2, -0.15) is 4.98 Å². The highest BCUT2D eigenvalue weighted by Gasteiger charge is 2.15. The first-order valence-electron chi connectivity index (χ1n) is 6.98. The van der Waals surface area contributed by atoms with Crippen LogP contribution in [-0.4, -0.2) is 33.2 Å². The lowest BCUT2D eigenvalue weighted by Gasteiger charge is -2.07. The van der Waals surface area contributed by atoms with Gasteiger partial charge in [-0.05, 0) is 37.6 Å². The zero-order valence-corrected chi connectivity index (χ0v) is 12.7. The Hall–Kier alpha value is -2.77. The van der Waals surface area contributed by atoms with Gasteiger partial charge in [0.05, 0.1) is 0 Å². The topological polar surface area (TPSA) is 105 Å². The Balaban J connectivity index is 1.96. The lowest BCUT2D eigenvalue weighted by Crippen LogP contribution is -2.38. The van der Waals surface area contributed by atoms with E-state index < -0.39 is 17.9 Å². The van der Waals surface area contributed by atoms with Crippen LogP contribution >= 0.6 is 0 Å². The van der Waals surface area contributed by atoms with Gasteiger partial charge >= 0.3 is 5.97 Å². The number of benzene rings is 1. The van der Waals surface area contributed by atoms with E-state index in [-0.39, 0.29) is 24.5 Å². The van der Waals surface area contributed by atoms with E-state index in [1.165, 1.54) is 19.1 Å². The van der Waals surface area contributed by atoms with Crippen molar-refractivity contribution in [3.63, 3.8) is 0 Å². The molecule has 0 bridgehead atoms. The van der Waals surface area contributed by atoms with Crippen LogP contribution < -0.4 is 5.32 Å². The maximum atomic E-state index is 13.2. The number of nitrogens with one attached hydrogen (secondary N) is 1. The fourth-order valence-electron chi connectivity index (χ4n) is 1.85. The first kappa shape index (κ1) is 16.6. The second-order valence-corrected chi connectivity index (χ2v) is 5.10. The third-order valence-corrected chi connectivity index (χ3v) is 3.20. The predicted octanol–water partition coefficient (Wildman–Crippen LogP) is 1.71. The van der Waals surface area contributed by atoms with E-state index in [4.69, 9.17) is 9.63 Å². The number of carboxylic acids is 1. The Morgan fingerprint density at radius 2 is 2.17 bits per heavy atom. The van der Waals surface area contributed by atoms with Crippen molar-refractivity contribution < 1.29 is 23.6 Å². The van der Waals surface area contributed by atoms with Gasteiger partial charge in [0.15, 0.2) is 0 Å². The van der Waals surface area contributed by atoms with Gasteiger partial charge < -0.3 is 14.9 Å². The van der Waals surface area contributed by atoms with Gasteiger partial charge in [0.2, 0.25) is 17.6 Å². The third-order valence-electron chi connectivity index (χ3n) is 3.20. The van der Waals surface area contributed by atoms with Crippen molar-refractivity contribution in [2.75, 3.05) is 0 Å². The quantitative estimate of drug-likeness (QED) is 0.839. The first-order chi connectivity index (χ1) is 10.9. The van der Waals surface area contributed by atoms with Gasteiger partial charge in [-0.25, -0.2) is 4.39 Å². The van der Waals surface area contributed by atoms with Crippen LogP contribution in [-0.2, 0) is 16.0 Å². The summed E-state index contributed by atoms with van der Waals surface area (Å²) in [7, 11) is 0. The van der Waals surface area contributed by atoms with Gasteiger partial charge in [-0.3, -0.25) is 9.59 Å². The number of rotatable bonds is 6. The summed E-state index contributed by atoms with van der Waals surface area (Å²) in [5, 5.41) is 14.8. The lowest BCUT2D eigenvalue weighted by molar-refractivity contribution is -0.141. The summed E-state index contributed by atoms with van der Waals surface area (Å²) in [5.41, 5.74) is 1.08. The lowest BCUT2D eigenvalue weighted by atomic mass is 10.1. The predicted molar refractivity (Wildman–Crippen MR) is 78.0 cm³/mol. The number of carbonyl (C=O) groups excluding carboxylic acids is 1. The molecule has 1 atom stereocenters. The maximum absolute atomic E-state index is 13.2. The van der Waals surface area contributed by atoms with Crippen LogP contribution in [0.15, 0.2) is 22.7 Å². The smallest absolute Gasteiger partial charge is 0.325 e. The molecule has 0 aliphatic rings. The minimum atomic E-state index is -1.11. The molecule has 0 saturated carbocycles. The summed E-state index contributed by atoms with van der Waals surface area (Å²) in [6, 6.07) is 3.51. The number of hydrogen-bond donors (Lipinski definition) is 2. The summed E-state index contributed by atoms with van der Waals surface area (Å²) < 4.78 is 18.3. The van der Waals surface area contributed by atoms with Crippen molar-refractivity contribution >= 4 is 11.9 Å². The number of aryl methyl sites for hydroxylation is 2. The number of halogens is 1. The Kier molecular flexibility index (Phi) is 5.05. The van der Waals surface area contributed by atoms with E-state index in [9.17, 15) is 14.0 Å². The molecular formula is C15H16FN3O4. The molecule has 23 heavy (non-hydrogen) atoms. The van der Waals surface area contributed by atoms with Crippen molar-refractivity contribution in [1.82, 2.24) is 15.5 Å². The highest BCUT2D eigenvalue weighted by Crippen LogP contribution is 2.19. The molecule has 1 heterocycles. The zero-order chi connectivity index (χ0) is 17.0. The summed E-state index contributed by atoms with van der Waals surface area (Å²) >= 11 is 0. The van der Waals surface area contributed by atoms with Crippen molar-refractivity contribution in [3.8, 4) is 11.4 Å². The number of aliphatic carboxylic acids is 1. The molecule has 0 spiro atoms. The van der Waals surface area contributed by atoms with Crippen molar-refractivity contribution in [1.29, 1.82) is 0 Å². The molecule has 0 aliphatic carbocycles. The highest BCUT2D eigenvalue weighted by atomic mass is 19.1. The molecule has 0 unspecified atom stereocenters. The third kappa shape index (κ3) is 4.35. The SMILES string of the molecule is Cc1cc(-c2noc(CCC(=O)N[C@@H](C)C(=O)O)n2)ccc1F. The molecule has 1 aromatic carbocycles. The number of aromatic nitrogens is 2. The van der Waals surface area contributed by atoms with E-state index in [1.54, 1.807) is 13.0 Å². The Bertz CT molecular complexity index is 729. The number of carboxylic acid groups (broad SMARTS) is 1. The number of carbonyl (C=O) groups is 2. The molecule has 1 amide bonds. The normalized spacial score (nSPS) is 12.0. The van der Waals surface area contributed by atoms with E-state index in [1.807, 2.05) is 0 Å². The van der Waals surface area contributed by atoms with Gasteiger partial charge in [-0.1, -0.05) is 5.16 Å². The number of hydrogen-bond acceptors (Lipinski definition) is 5. The second kappa shape index (κ2) is 6.99. The zero-order valence-electron chi connectivity index (χ0n) is 12.7. The van der Waals surface area contributed by atoms with E-state index in [0.717, 1.165) is 0 Å². The van der Waals surface area contributed by atoms with Gasteiger partial charge in [-0.15, -0.1) is 0 Å². The minimum Gasteiger partial charge on any atom is -0.480 e. The Morgan fingerprint density at radius 3 is 2.83 bits per heavy atom. The van der Waals surface area contributed by atoms with Gasteiger partial charge in [0.1, 0.15) is 11.9 Å². The summed E-state index contributed by atoms with van der Waals surface area (Å²) in [5.74, 6) is -1.29. The van der Waals surface area contributed by atoms with Crippen LogP contribution in [0.5, 0.6) is 0 Å². The van der Waals surface area contributed by atoms with E-state index in [2.05, 4.69) is 15.5 Å². The summed E-state index contributed by atoms with van der Waals surface area (Å²) in [6.07, 6.45) is 0.215. The fraction of sp³-hybridized carbons (Fsp3) is 0.333. The fourth-order valence-corrected chi connectivity index (χ4v) is 1.85. The highest BCUT2D eigenvalue weighted by molar-refractivity contribution is 5.83. The largest absolute Gasteiger partial charge is 0.480 e. The molecular weight excluding hydrogens is 305 g/mol. The average molecular weight is 321 g/mol. The van der Waals surface area contributed by atoms with Crippen molar-refractivity contribution in [3.05, 3.63) is 35.5 Å². The van der Waals surface area contributed by atoms with Crippen LogP contribution in [0.4, 0.5) is 4.39 Å². The molecule has 0 fully saturated rings. The van der Waals surface area contributed by atoms with Crippen molar-refractivity contribution in [2.24, 2.45) is 0 Å². The Labute approximate surface area is 131 Å². The van der Waals surface area contributed by atoms with Crippen LogP contribution in [0.25, 0.3) is 11.4 Å². The van der Waals surface area contributed by atoms with Crippen molar-refractivity contribution in [2.45, 2.75) is 32.7 Å². The molecule has 122 valence electrons. The average Bonchev–Trinajstić information content (AvgIpc) is 2.96. The van der Waals surface area contributed by atoms with Crippen LogP contribution in [0, 0.1) is 12.7 Å². The summed E-state index contributed by atoms with van der Waals surface area (Å²) in [4.78, 5) is 26.4. The molecule has 7 nitrogen and oxygen atoms in total. The summed E-state index contributed by atoms with van der Waals surface area (Å²) in [6.45, 7) is 3.01. The monoisotopic (exact) mass is 321 g/mol. The molecule has 8 heteroatoms. The van der Waals surface area contributed by atoms with Crippen LogP contribution in [0.3, 0.4) is 0 Å². The van der Waals surface area contributed by atoms with E-state index in [0.29, 0.717) is 17.0 Å². The first-order valence-corrected chi connectivity index (χ1v) is 6.98. The molecule has 0 saturated heterocycles.